The Hall–Kier alpha value is -1.19. The lowest BCUT2D eigenvalue weighted by molar-refractivity contribution is 0.0871. The molecule has 0 spiro atoms. The van der Waals surface area contributed by atoms with Crippen molar-refractivity contribution in [2.45, 2.75) is 33.1 Å². The first-order valence-corrected chi connectivity index (χ1v) is 7.54. The second-order valence-corrected chi connectivity index (χ2v) is 6.00. The van der Waals surface area contributed by atoms with E-state index in [0.717, 1.165) is 37.1 Å². The number of nitrogens with zero attached hydrogens (tertiary/aromatic N) is 1. The Balaban J connectivity index is 1.97. The van der Waals surface area contributed by atoms with Gasteiger partial charge in [-0.25, -0.2) is 0 Å². The Bertz CT molecular complexity index is 468. The van der Waals surface area contributed by atoms with Crippen molar-refractivity contribution < 1.29 is 9.90 Å². The van der Waals surface area contributed by atoms with Crippen LogP contribution in [0.25, 0.3) is 0 Å². The van der Waals surface area contributed by atoms with E-state index in [4.69, 9.17) is 5.11 Å². The molecule has 1 fully saturated rings. The van der Waals surface area contributed by atoms with Gasteiger partial charge in [0.2, 0.25) is 0 Å². The minimum atomic E-state index is 0.215. The Labute approximate surface area is 121 Å². The largest absolute Gasteiger partial charge is 0.396 e. The van der Waals surface area contributed by atoms with Crippen LogP contribution in [-0.4, -0.2) is 42.0 Å². The van der Waals surface area contributed by atoms with E-state index >= 15 is 0 Å². The molecular weight excluding hydrogens is 250 g/mol. The monoisotopic (exact) mass is 275 g/mol. The molecule has 1 aromatic rings. The number of Topliss-reactive ketones (excluding diaryl/α,β-unsaturated/α-hetero) is 1. The highest BCUT2D eigenvalue weighted by Gasteiger charge is 2.22. The molecule has 2 rings (SSSR count). The van der Waals surface area contributed by atoms with Gasteiger partial charge in [0, 0.05) is 18.7 Å². The molecule has 3 nitrogen and oxygen atoms in total. The summed E-state index contributed by atoms with van der Waals surface area (Å²) in [5, 5.41) is 9.04. The molecule has 1 aromatic carbocycles. The van der Waals surface area contributed by atoms with Crippen LogP contribution >= 0.6 is 0 Å². The highest BCUT2D eigenvalue weighted by molar-refractivity contribution is 5.98. The van der Waals surface area contributed by atoms with Crippen LogP contribution in [0, 0.1) is 19.8 Å². The first-order valence-electron chi connectivity index (χ1n) is 7.54. The molecule has 1 atom stereocenters. The number of ketones is 1. The summed E-state index contributed by atoms with van der Waals surface area (Å²) in [7, 11) is 0. The van der Waals surface area contributed by atoms with Crippen LogP contribution in [0.15, 0.2) is 18.2 Å². The number of carbonyl (C=O) groups is 1. The van der Waals surface area contributed by atoms with Crippen molar-refractivity contribution in [2.75, 3.05) is 26.2 Å². The fraction of sp³-hybridized carbons (Fsp3) is 0.588. The number of benzene rings is 1. The lowest BCUT2D eigenvalue weighted by Crippen LogP contribution is -2.39. The first kappa shape index (κ1) is 15.2. The molecule has 20 heavy (non-hydrogen) atoms. The van der Waals surface area contributed by atoms with Crippen LogP contribution in [0.5, 0.6) is 0 Å². The van der Waals surface area contributed by atoms with Crippen molar-refractivity contribution in [1.82, 2.24) is 4.90 Å². The zero-order chi connectivity index (χ0) is 14.5. The van der Waals surface area contributed by atoms with Crippen molar-refractivity contribution in [3.8, 4) is 0 Å². The molecule has 1 aliphatic rings. The third-order valence-corrected chi connectivity index (χ3v) is 4.19. The van der Waals surface area contributed by atoms with E-state index in [1.807, 2.05) is 26.0 Å². The van der Waals surface area contributed by atoms with Gasteiger partial charge in [0.1, 0.15) is 0 Å². The van der Waals surface area contributed by atoms with Crippen molar-refractivity contribution in [1.29, 1.82) is 0 Å². The molecule has 1 N–H and O–H groups in total. The number of piperidine rings is 1. The smallest absolute Gasteiger partial charge is 0.177 e. The molecule has 1 aliphatic heterocycles. The lowest BCUT2D eigenvalue weighted by atomic mass is 9.94. The normalized spacial score (nSPS) is 20.1. The first-order chi connectivity index (χ1) is 9.60. The fourth-order valence-corrected chi connectivity index (χ4v) is 3.13. The molecule has 3 heteroatoms. The molecule has 0 amide bonds. The average Bonchev–Trinajstić information content (AvgIpc) is 2.39. The molecule has 1 saturated heterocycles. The van der Waals surface area contributed by atoms with Gasteiger partial charge in [-0.15, -0.1) is 0 Å². The van der Waals surface area contributed by atoms with Gasteiger partial charge in [0.05, 0.1) is 6.54 Å². The van der Waals surface area contributed by atoms with Crippen molar-refractivity contribution in [3.05, 3.63) is 34.9 Å². The molecule has 110 valence electrons. The number of hydrogen-bond acceptors (Lipinski definition) is 3. The molecular formula is C17H25NO2. The van der Waals surface area contributed by atoms with E-state index in [0.29, 0.717) is 12.5 Å². The van der Waals surface area contributed by atoms with Gasteiger partial charge in [-0.05, 0) is 51.1 Å². The predicted molar refractivity (Wildman–Crippen MR) is 81.1 cm³/mol. The molecule has 0 aromatic heterocycles. The predicted octanol–water partition coefficient (Wildman–Crippen LogP) is 2.58. The molecule has 1 unspecified atom stereocenters. The summed E-state index contributed by atoms with van der Waals surface area (Å²) in [5.74, 6) is 0.757. The minimum absolute atomic E-state index is 0.215. The Morgan fingerprint density at radius 2 is 2.20 bits per heavy atom. The van der Waals surface area contributed by atoms with Gasteiger partial charge in [-0.2, -0.15) is 0 Å². The van der Waals surface area contributed by atoms with E-state index in [9.17, 15) is 4.79 Å². The summed E-state index contributed by atoms with van der Waals surface area (Å²) in [6.07, 6.45) is 3.16. The standard InChI is InChI=1S/C17H25NO2/c1-13-5-6-16(14(2)10-13)17(20)12-18-8-3-4-15(11-18)7-9-19/h5-6,10,15,19H,3-4,7-9,11-12H2,1-2H3. The van der Waals surface area contributed by atoms with E-state index in [1.54, 1.807) is 0 Å². The maximum atomic E-state index is 12.4. The highest BCUT2D eigenvalue weighted by Crippen LogP contribution is 2.20. The molecule has 1 heterocycles. The molecule has 0 radical (unpaired) electrons. The van der Waals surface area contributed by atoms with E-state index in [2.05, 4.69) is 11.0 Å². The zero-order valence-corrected chi connectivity index (χ0v) is 12.6. The van der Waals surface area contributed by atoms with Gasteiger partial charge in [-0.1, -0.05) is 23.8 Å². The number of rotatable bonds is 5. The Morgan fingerprint density at radius 1 is 1.40 bits per heavy atom. The van der Waals surface area contributed by atoms with Crippen LogP contribution in [0.3, 0.4) is 0 Å². The number of likely N-dealkylation sites (tertiary alicyclic amines) is 1. The SMILES string of the molecule is Cc1ccc(C(=O)CN2CCCC(CCO)C2)c(C)c1. The molecule has 0 bridgehead atoms. The Kier molecular flexibility index (Phi) is 5.32. The van der Waals surface area contributed by atoms with Gasteiger partial charge < -0.3 is 5.11 Å². The summed E-state index contributed by atoms with van der Waals surface area (Å²) in [6.45, 7) is 6.75. The fourth-order valence-electron chi connectivity index (χ4n) is 3.13. The summed E-state index contributed by atoms with van der Waals surface area (Å²) in [4.78, 5) is 14.7. The average molecular weight is 275 g/mol. The number of aryl methyl sites for hydroxylation is 2. The van der Waals surface area contributed by atoms with E-state index in [1.165, 1.54) is 12.0 Å². The topological polar surface area (TPSA) is 40.5 Å². The van der Waals surface area contributed by atoms with Gasteiger partial charge >= 0.3 is 0 Å². The van der Waals surface area contributed by atoms with Crippen LogP contribution in [0.1, 0.15) is 40.7 Å². The maximum Gasteiger partial charge on any atom is 0.177 e. The molecule has 0 aliphatic carbocycles. The summed E-state index contributed by atoms with van der Waals surface area (Å²) in [5.41, 5.74) is 3.11. The zero-order valence-electron chi connectivity index (χ0n) is 12.6. The molecule has 0 saturated carbocycles. The van der Waals surface area contributed by atoms with Crippen LogP contribution in [0.2, 0.25) is 0 Å². The van der Waals surface area contributed by atoms with E-state index in [-0.39, 0.29) is 12.4 Å². The Morgan fingerprint density at radius 3 is 2.90 bits per heavy atom. The second-order valence-electron chi connectivity index (χ2n) is 6.00. The maximum absolute atomic E-state index is 12.4. The summed E-state index contributed by atoms with van der Waals surface area (Å²) in [6, 6.07) is 6.02. The lowest BCUT2D eigenvalue weighted by Gasteiger charge is -2.32. The van der Waals surface area contributed by atoms with Crippen LogP contribution in [0.4, 0.5) is 0 Å². The van der Waals surface area contributed by atoms with Crippen molar-refractivity contribution >= 4 is 5.78 Å². The minimum Gasteiger partial charge on any atom is -0.396 e. The highest BCUT2D eigenvalue weighted by atomic mass is 16.3. The van der Waals surface area contributed by atoms with E-state index < -0.39 is 0 Å². The number of hydrogen-bond donors (Lipinski definition) is 1. The number of aliphatic hydroxyl groups is 1. The van der Waals surface area contributed by atoms with Crippen LogP contribution in [-0.2, 0) is 0 Å². The third-order valence-electron chi connectivity index (χ3n) is 4.19. The second kappa shape index (κ2) is 7.00. The quantitative estimate of drug-likeness (QED) is 0.840. The number of carbonyl (C=O) groups excluding carboxylic acids is 1. The number of aliphatic hydroxyl groups excluding tert-OH is 1. The van der Waals surface area contributed by atoms with Gasteiger partial charge in [0.25, 0.3) is 0 Å². The summed E-state index contributed by atoms with van der Waals surface area (Å²) >= 11 is 0. The summed E-state index contributed by atoms with van der Waals surface area (Å²) < 4.78 is 0. The van der Waals surface area contributed by atoms with Gasteiger partial charge in [0.15, 0.2) is 5.78 Å². The van der Waals surface area contributed by atoms with Gasteiger partial charge in [-0.3, -0.25) is 9.69 Å². The van der Waals surface area contributed by atoms with Crippen molar-refractivity contribution in [3.63, 3.8) is 0 Å². The van der Waals surface area contributed by atoms with Crippen molar-refractivity contribution in [2.24, 2.45) is 5.92 Å². The van der Waals surface area contributed by atoms with Crippen LogP contribution < -0.4 is 0 Å². The third kappa shape index (κ3) is 3.90.